The number of pyridine rings is 1. The average Bonchev–Trinajstić information content (AvgIpc) is 2.38. The number of nitrogens with zero attached hydrogens (tertiary/aromatic N) is 1. The zero-order valence-corrected chi connectivity index (χ0v) is 10.7. The molecule has 0 aliphatic rings. The van der Waals surface area contributed by atoms with Crippen LogP contribution in [-0.4, -0.2) is 16.3 Å². The first-order valence-electron chi connectivity index (χ1n) is 5.45. The minimum absolute atomic E-state index is 0.604. The van der Waals surface area contributed by atoms with Gasteiger partial charge in [-0.3, -0.25) is 4.98 Å². The first-order valence-corrected chi connectivity index (χ1v) is 6.68. The lowest BCUT2D eigenvalue weighted by Crippen LogP contribution is -2.03. The van der Waals surface area contributed by atoms with Gasteiger partial charge in [-0.1, -0.05) is 18.2 Å². The van der Waals surface area contributed by atoms with Crippen LogP contribution in [0.4, 0.5) is 0 Å². The lowest BCUT2D eigenvalue weighted by Gasteiger charge is -2.16. The van der Waals surface area contributed by atoms with Crippen LogP contribution in [0.2, 0.25) is 0 Å². The predicted octanol–water partition coefficient (Wildman–Crippen LogP) is 3.19. The van der Waals surface area contributed by atoms with Gasteiger partial charge in [0.2, 0.25) is 0 Å². The lowest BCUT2D eigenvalue weighted by atomic mass is 9.99. The van der Waals surface area contributed by atoms with Crippen molar-refractivity contribution in [2.75, 3.05) is 6.26 Å². The Morgan fingerprint density at radius 2 is 1.94 bits per heavy atom. The Kier molecular flexibility index (Phi) is 3.82. The highest BCUT2D eigenvalue weighted by molar-refractivity contribution is 7.98. The first-order chi connectivity index (χ1) is 8.24. The summed E-state index contributed by atoms with van der Waals surface area (Å²) >= 11 is 1.64. The van der Waals surface area contributed by atoms with Crippen molar-refractivity contribution < 1.29 is 5.11 Å². The van der Waals surface area contributed by atoms with E-state index in [0.717, 1.165) is 21.6 Å². The summed E-state index contributed by atoms with van der Waals surface area (Å²) in [5.41, 5.74) is 2.87. The number of aryl methyl sites for hydroxylation is 1. The van der Waals surface area contributed by atoms with Crippen molar-refractivity contribution in [3.05, 3.63) is 59.4 Å². The van der Waals surface area contributed by atoms with Crippen LogP contribution in [-0.2, 0) is 0 Å². The summed E-state index contributed by atoms with van der Waals surface area (Å²) in [6.07, 6.45) is 4.89. The van der Waals surface area contributed by atoms with Gasteiger partial charge in [-0.2, -0.15) is 0 Å². The molecule has 17 heavy (non-hydrogen) atoms. The fourth-order valence-corrected chi connectivity index (χ4v) is 2.45. The number of aromatic nitrogens is 1. The predicted molar refractivity (Wildman–Crippen MR) is 71.3 cm³/mol. The van der Waals surface area contributed by atoms with E-state index in [-0.39, 0.29) is 0 Å². The fraction of sp³-hybridized carbons (Fsp3) is 0.214. The van der Waals surface area contributed by atoms with Crippen molar-refractivity contribution >= 4 is 11.8 Å². The van der Waals surface area contributed by atoms with E-state index in [1.165, 1.54) is 0 Å². The Morgan fingerprint density at radius 3 is 2.65 bits per heavy atom. The monoisotopic (exact) mass is 245 g/mol. The molecule has 2 rings (SSSR count). The molecule has 1 N–H and O–H groups in total. The topological polar surface area (TPSA) is 33.1 Å². The molecule has 0 bridgehead atoms. The molecular formula is C14H15NOS. The standard InChI is InChI=1S/C14H15NOS/c1-10-7-8-15-9-12(10)14(16)11-5-3-4-6-13(11)17-2/h3-9,14,16H,1-2H3. The van der Waals surface area contributed by atoms with Gasteiger partial charge in [0.25, 0.3) is 0 Å². The summed E-state index contributed by atoms with van der Waals surface area (Å²) in [5.74, 6) is 0. The summed E-state index contributed by atoms with van der Waals surface area (Å²) < 4.78 is 0. The van der Waals surface area contributed by atoms with Crippen molar-refractivity contribution in [2.45, 2.75) is 17.9 Å². The molecular weight excluding hydrogens is 230 g/mol. The van der Waals surface area contributed by atoms with Crippen LogP contribution in [0, 0.1) is 6.92 Å². The van der Waals surface area contributed by atoms with Gasteiger partial charge < -0.3 is 5.11 Å². The van der Waals surface area contributed by atoms with Gasteiger partial charge in [0.15, 0.2) is 0 Å². The number of aliphatic hydroxyl groups excluding tert-OH is 1. The van der Waals surface area contributed by atoms with Gasteiger partial charge in [0, 0.05) is 22.9 Å². The SMILES string of the molecule is CSc1ccccc1C(O)c1cnccc1C. The van der Waals surface area contributed by atoms with E-state index in [1.54, 1.807) is 24.2 Å². The molecule has 0 amide bonds. The van der Waals surface area contributed by atoms with Crippen LogP contribution in [0.5, 0.6) is 0 Å². The van der Waals surface area contributed by atoms with Crippen molar-refractivity contribution in [1.82, 2.24) is 4.98 Å². The van der Waals surface area contributed by atoms with Crippen LogP contribution in [0.25, 0.3) is 0 Å². The maximum Gasteiger partial charge on any atom is 0.107 e. The number of benzene rings is 1. The van der Waals surface area contributed by atoms with Crippen molar-refractivity contribution in [3.8, 4) is 0 Å². The van der Waals surface area contributed by atoms with Crippen LogP contribution in [0.15, 0.2) is 47.6 Å². The Morgan fingerprint density at radius 1 is 1.18 bits per heavy atom. The lowest BCUT2D eigenvalue weighted by molar-refractivity contribution is 0.216. The van der Waals surface area contributed by atoms with Crippen LogP contribution in [0.1, 0.15) is 22.8 Å². The zero-order valence-electron chi connectivity index (χ0n) is 9.92. The van der Waals surface area contributed by atoms with E-state index >= 15 is 0 Å². The highest BCUT2D eigenvalue weighted by Crippen LogP contribution is 2.30. The normalized spacial score (nSPS) is 12.4. The minimum Gasteiger partial charge on any atom is -0.384 e. The highest BCUT2D eigenvalue weighted by atomic mass is 32.2. The summed E-state index contributed by atoms with van der Waals surface area (Å²) in [6.45, 7) is 1.99. The third kappa shape index (κ3) is 2.51. The number of hydrogen-bond donors (Lipinski definition) is 1. The molecule has 3 heteroatoms. The van der Waals surface area contributed by atoms with Crippen LogP contribution >= 0.6 is 11.8 Å². The van der Waals surface area contributed by atoms with E-state index in [1.807, 2.05) is 43.5 Å². The van der Waals surface area contributed by atoms with Crippen molar-refractivity contribution in [1.29, 1.82) is 0 Å². The number of hydrogen-bond acceptors (Lipinski definition) is 3. The van der Waals surface area contributed by atoms with E-state index < -0.39 is 6.10 Å². The van der Waals surface area contributed by atoms with Crippen molar-refractivity contribution in [3.63, 3.8) is 0 Å². The van der Waals surface area contributed by atoms with Gasteiger partial charge in [-0.25, -0.2) is 0 Å². The average molecular weight is 245 g/mol. The Bertz CT molecular complexity index is 513. The van der Waals surface area contributed by atoms with Crippen LogP contribution in [0.3, 0.4) is 0 Å². The molecule has 0 radical (unpaired) electrons. The van der Waals surface area contributed by atoms with E-state index in [9.17, 15) is 5.11 Å². The summed E-state index contributed by atoms with van der Waals surface area (Å²) in [6, 6.07) is 9.83. The van der Waals surface area contributed by atoms with E-state index in [0.29, 0.717) is 0 Å². The Hall–Kier alpha value is -1.32. The molecule has 0 saturated carbocycles. The molecule has 2 aromatic rings. The van der Waals surface area contributed by atoms with E-state index in [2.05, 4.69) is 4.98 Å². The first kappa shape index (κ1) is 12.1. The molecule has 1 heterocycles. The molecule has 88 valence electrons. The molecule has 1 unspecified atom stereocenters. The minimum atomic E-state index is -0.604. The fourth-order valence-electron chi connectivity index (χ4n) is 1.82. The largest absolute Gasteiger partial charge is 0.384 e. The molecule has 0 saturated heterocycles. The maximum atomic E-state index is 10.4. The van der Waals surface area contributed by atoms with Gasteiger partial charge in [0.1, 0.15) is 6.10 Å². The summed E-state index contributed by atoms with van der Waals surface area (Å²) in [4.78, 5) is 5.18. The zero-order chi connectivity index (χ0) is 12.3. The molecule has 0 aliphatic carbocycles. The molecule has 1 atom stereocenters. The summed E-state index contributed by atoms with van der Waals surface area (Å²) in [7, 11) is 0. The molecule has 2 nitrogen and oxygen atoms in total. The third-order valence-electron chi connectivity index (χ3n) is 2.81. The quantitative estimate of drug-likeness (QED) is 0.843. The molecule has 0 aliphatic heterocycles. The highest BCUT2D eigenvalue weighted by Gasteiger charge is 2.15. The maximum absolute atomic E-state index is 10.4. The number of aliphatic hydroxyl groups is 1. The van der Waals surface area contributed by atoms with Crippen LogP contribution < -0.4 is 0 Å². The third-order valence-corrected chi connectivity index (χ3v) is 3.62. The number of thioether (sulfide) groups is 1. The molecule has 1 aromatic carbocycles. The smallest absolute Gasteiger partial charge is 0.107 e. The molecule has 1 aromatic heterocycles. The van der Waals surface area contributed by atoms with Crippen molar-refractivity contribution in [2.24, 2.45) is 0 Å². The van der Waals surface area contributed by atoms with Gasteiger partial charge in [0.05, 0.1) is 0 Å². The van der Waals surface area contributed by atoms with Gasteiger partial charge >= 0.3 is 0 Å². The Balaban J connectivity index is 2.44. The molecule has 0 spiro atoms. The second kappa shape index (κ2) is 5.34. The van der Waals surface area contributed by atoms with E-state index in [4.69, 9.17) is 0 Å². The Labute approximate surface area is 106 Å². The second-order valence-electron chi connectivity index (χ2n) is 3.88. The number of rotatable bonds is 3. The molecule has 0 fully saturated rings. The van der Waals surface area contributed by atoms with Gasteiger partial charge in [-0.05, 0) is 36.4 Å². The second-order valence-corrected chi connectivity index (χ2v) is 4.72. The summed E-state index contributed by atoms with van der Waals surface area (Å²) in [5, 5.41) is 10.4. The van der Waals surface area contributed by atoms with Gasteiger partial charge in [-0.15, -0.1) is 11.8 Å².